The number of carboxylic acids is 2. The van der Waals surface area contributed by atoms with Gasteiger partial charge < -0.3 is 10.2 Å². The van der Waals surface area contributed by atoms with E-state index in [0.717, 1.165) is 37.7 Å². The van der Waals surface area contributed by atoms with Crippen molar-refractivity contribution in [1.82, 2.24) is 0 Å². The second-order valence-corrected chi connectivity index (χ2v) is 7.51. The van der Waals surface area contributed by atoms with E-state index in [0.29, 0.717) is 11.1 Å². The van der Waals surface area contributed by atoms with Gasteiger partial charge in [0.25, 0.3) is 0 Å². The number of hydrogen-bond donors (Lipinski definition) is 2. The first-order chi connectivity index (χ1) is 11.1. The SMILES string of the molecule is CCCCCCc1cccc(C(C)(C)C(=O)O)c1C(C)(C)C(=O)O. The molecule has 0 bridgehead atoms. The first-order valence-electron chi connectivity index (χ1n) is 8.66. The Morgan fingerprint density at radius 1 is 0.917 bits per heavy atom. The van der Waals surface area contributed by atoms with Crippen LogP contribution in [0.4, 0.5) is 0 Å². The summed E-state index contributed by atoms with van der Waals surface area (Å²) in [5, 5.41) is 19.3. The fraction of sp³-hybridized carbons (Fsp3) is 0.600. The summed E-state index contributed by atoms with van der Waals surface area (Å²) in [4.78, 5) is 23.6. The molecule has 0 radical (unpaired) electrons. The predicted octanol–water partition coefficient (Wildman–Crippen LogP) is 4.53. The van der Waals surface area contributed by atoms with Crippen LogP contribution in [0.2, 0.25) is 0 Å². The Morgan fingerprint density at radius 2 is 1.50 bits per heavy atom. The summed E-state index contributed by atoms with van der Waals surface area (Å²) in [5.41, 5.74) is -0.0765. The lowest BCUT2D eigenvalue weighted by atomic mass is 9.71. The fourth-order valence-corrected chi connectivity index (χ4v) is 3.03. The van der Waals surface area contributed by atoms with Crippen LogP contribution in [0.25, 0.3) is 0 Å². The molecular formula is C20H30O4. The van der Waals surface area contributed by atoms with Crippen molar-refractivity contribution in [2.24, 2.45) is 0 Å². The molecule has 24 heavy (non-hydrogen) atoms. The van der Waals surface area contributed by atoms with Gasteiger partial charge in [-0.3, -0.25) is 9.59 Å². The summed E-state index contributed by atoms with van der Waals surface area (Å²) < 4.78 is 0. The molecule has 0 fully saturated rings. The smallest absolute Gasteiger partial charge is 0.313 e. The molecule has 0 heterocycles. The van der Waals surface area contributed by atoms with Gasteiger partial charge in [-0.1, -0.05) is 44.4 Å². The molecule has 0 aliphatic heterocycles. The van der Waals surface area contributed by atoms with Crippen molar-refractivity contribution in [3.05, 3.63) is 34.9 Å². The Hall–Kier alpha value is -1.84. The number of rotatable bonds is 9. The van der Waals surface area contributed by atoms with Crippen LogP contribution in [0.1, 0.15) is 77.0 Å². The number of hydrogen-bond acceptors (Lipinski definition) is 2. The average molecular weight is 334 g/mol. The van der Waals surface area contributed by atoms with Gasteiger partial charge in [-0.2, -0.15) is 0 Å². The van der Waals surface area contributed by atoms with Gasteiger partial charge in [0.05, 0.1) is 10.8 Å². The molecule has 0 aliphatic rings. The van der Waals surface area contributed by atoms with Crippen LogP contribution >= 0.6 is 0 Å². The maximum absolute atomic E-state index is 11.9. The zero-order valence-corrected chi connectivity index (χ0v) is 15.5. The van der Waals surface area contributed by atoms with Crippen molar-refractivity contribution in [1.29, 1.82) is 0 Å². The molecule has 4 nitrogen and oxygen atoms in total. The standard InChI is InChI=1S/C20H30O4/c1-6-7-8-9-11-14-12-10-13-15(19(2,3)17(21)22)16(14)20(4,5)18(23)24/h10,12-13H,6-9,11H2,1-5H3,(H,21,22)(H,23,24). The van der Waals surface area contributed by atoms with Crippen molar-refractivity contribution >= 4 is 11.9 Å². The third kappa shape index (κ3) is 4.16. The Morgan fingerprint density at radius 3 is 2.00 bits per heavy atom. The van der Waals surface area contributed by atoms with E-state index in [1.54, 1.807) is 33.8 Å². The maximum atomic E-state index is 11.9. The molecule has 0 unspecified atom stereocenters. The highest BCUT2D eigenvalue weighted by atomic mass is 16.4. The number of aryl methyl sites for hydroxylation is 1. The van der Waals surface area contributed by atoms with Gasteiger partial charge in [-0.25, -0.2) is 0 Å². The molecule has 134 valence electrons. The lowest BCUT2D eigenvalue weighted by molar-refractivity contribution is -0.144. The minimum absolute atomic E-state index is 0.593. The van der Waals surface area contributed by atoms with Crippen LogP contribution in [0.5, 0.6) is 0 Å². The number of aliphatic carboxylic acids is 2. The highest BCUT2D eigenvalue weighted by Gasteiger charge is 2.40. The second kappa shape index (κ2) is 7.82. The second-order valence-electron chi connectivity index (χ2n) is 7.51. The summed E-state index contributed by atoms with van der Waals surface area (Å²) in [6.07, 6.45) is 5.14. The number of benzene rings is 1. The molecule has 1 rings (SSSR count). The Balaban J connectivity index is 3.45. The van der Waals surface area contributed by atoms with E-state index >= 15 is 0 Å². The Labute approximate surface area is 144 Å². The summed E-state index contributed by atoms with van der Waals surface area (Å²) in [5.74, 6) is -1.89. The molecule has 0 saturated carbocycles. The zero-order valence-electron chi connectivity index (χ0n) is 15.5. The number of carbonyl (C=O) groups is 2. The molecule has 0 spiro atoms. The van der Waals surface area contributed by atoms with Gasteiger partial charge in [0.1, 0.15) is 0 Å². The van der Waals surface area contributed by atoms with Crippen LogP contribution in [-0.2, 0) is 26.8 Å². The quantitative estimate of drug-likeness (QED) is 0.650. The normalized spacial score (nSPS) is 12.2. The van der Waals surface area contributed by atoms with Gasteiger partial charge in [0.2, 0.25) is 0 Å². The van der Waals surface area contributed by atoms with Gasteiger partial charge >= 0.3 is 11.9 Å². The molecule has 0 atom stereocenters. The van der Waals surface area contributed by atoms with Crippen LogP contribution in [0.15, 0.2) is 18.2 Å². The highest BCUT2D eigenvalue weighted by Crippen LogP contribution is 2.37. The number of carboxylic acid groups (broad SMARTS) is 2. The largest absolute Gasteiger partial charge is 0.481 e. The molecule has 0 aromatic heterocycles. The van der Waals surface area contributed by atoms with Crippen molar-refractivity contribution in [2.45, 2.75) is 77.6 Å². The van der Waals surface area contributed by atoms with E-state index in [9.17, 15) is 19.8 Å². The van der Waals surface area contributed by atoms with Crippen molar-refractivity contribution in [3.63, 3.8) is 0 Å². The van der Waals surface area contributed by atoms with Crippen molar-refractivity contribution in [2.75, 3.05) is 0 Å². The summed E-state index contributed by atoms with van der Waals surface area (Å²) in [6, 6.07) is 5.54. The molecule has 4 heteroatoms. The average Bonchev–Trinajstić information content (AvgIpc) is 2.50. The zero-order chi connectivity index (χ0) is 18.5. The number of unbranched alkanes of at least 4 members (excludes halogenated alkanes) is 3. The first kappa shape index (κ1) is 20.2. The van der Waals surface area contributed by atoms with Crippen LogP contribution < -0.4 is 0 Å². The fourth-order valence-electron chi connectivity index (χ4n) is 3.03. The Bertz CT molecular complexity index is 600. The van der Waals surface area contributed by atoms with E-state index in [-0.39, 0.29) is 0 Å². The predicted molar refractivity (Wildman–Crippen MR) is 95.6 cm³/mol. The first-order valence-corrected chi connectivity index (χ1v) is 8.66. The summed E-state index contributed by atoms with van der Waals surface area (Å²) >= 11 is 0. The van der Waals surface area contributed by atoms with Crippen LogP contribution in [0, 0.1) is 0 Å². The van der Waals surface area contributed by atoms with Crippen molar-refractivity contribution in [3.8, 4) is 0 Å². The molecule has 0 saturated heterocycles. The van der Waals surface area contributed by atoms with E-state index in [2.05, 4.69) is 6.92 Å². The Kier molecular flexibility index (Phi) is 6.58. The van der Waals surface area contributed by atoms with Crippen LogP contribution in [-0.4, -0.2) is 22.2 Å². The third-order valence-electron chi connectivity index (χ3n) is 4.82. The van der Waals surface area contributed by atoms with E-state index in [1.165, 1.54) is 0 Å². The van der Waals surface area contributed by atoms with Gasteiger partial charge in [0, 0.05) is 0 Å². The third-order valence-corrected chi connectivity index (χ3v) is 4.82. The van der Waals surface area contributed by atoms with Gasteiger partial charge in [-0.15, -0.1) is 0 Å². The topological polar surface area (TPSA) is 74.6 Å². The lowest BCUT2D eigenvalue weighted by Crippen LogP contribution is -2.37. The van der Waals surface area contributed by atoms with Gasteiger partial charge in [0.15, 0.2) is 0 Å². The minimum Gasteiger partial charge on any atom is -0.481 e. The lowest BCUT2D eigenvalue weighted by Gasteiger charge is -2.32. The summed E-state index contributed by atoms with van der Waals surface area (Å²) in [6.45, 7) is 8.72. The molecular weight excluding hydrogens is 304 g/mol. The molecule has 2 N–H and O–H groups in total. The van der Waals surface area contributed by atoms with Gasteiger partial charge in [-0.05, 0) is 57.2 Å². The van der Waals surface area contributed by atoms with Crippen molar-refractivity contribution < 1.29 is 19.8 Å². The maximum Gasteiger partial charge on any atom is 0.313 e. The van der Waals surface area contributed by atoms with Crippen LogP contribution in [0.3, 0.4) is 0 Å². The highest BCUT2D eigenvalue weighted by molar-refractivity contribution is 5.85. The molecule has 0 aliphatic carbocycles. The van der Waals surface area contributed by atoms with E-state index in [4.69, 9.17) is 0 Å². The minimum atomic E-state index is -1.14. The van der Waals surface area contributed by atoms with E-state index < -0.39 is 22.8 Å². The molecule has 1 aromatic carbocycles. The monoisotopic (exact) mass is 334 g/mol. The summed E-state index contributed by atoms with van der Waals surface area (Å²) in [7, 11) is 0. The molecule has 0 amide bonds. The van der Waals surface area contributed by atoms with E-state index in [1.807, 2.05) is 12.1 Å². The molecule has 1 aromatic rings.